The van der Waals surface area contributed by atoms with Crippen LogP contribution < -0.4 is 21.2 Å². The third-order valence-corrected chi connectivity index (χ3v) is 7.34. The largest absolute Gasteiger partial charge is 0.387 e. The van der Waals surface area contributed by atoms with Gasteiger partial charge in [0, 0.05) is 37.1 Å². The van der Waals surface area contributed by atoms with E-state index in [0.29, 0.717) is 34.9 Å². The summed E-state index contributed by atoms with van der Waals surface area (Å²) in [6.45, 7) is 3.87. The fraction of sp³-hybridized carbons (Fsp3) is 0.200. The summed E-state index contributed by atoms with van der Waals surface area (Å²) >= 11 is 0. The Morgan fingerprint density at radius 2 is 1.93 bits per heavy atom. The standard InChI is InChI=1S/C30H30N9O2/c1-5-23(35-28-26(27(31)32-17-33-28)29-36-41-18(2)38(29)4)24-14-19-10-9-13-22(20-15-34-37(3)16-20)25(19)30(40)39(24)21-11-7-6-8-12-21/h6-17,23H,5H2,1-4H3,(H3,31,32,33,35)/q+1. The second-order valence-corrected chi connectivity index (χ2v) is 9.89. The lowest BCUT2D eigenvalue weighted by Crippen LogP contribution is -2.32. The van der Waals surface area contributed by atoms with Gasteiger partial charge in [-0.05, 0) is 35.6 Å². The van der Waals surface area contributed by atoms with Gasteiger partial charge in [-0.2, -0.15) is 9.67 Å². The normalized spacial score (nSPS) is 12.1. The number of para-hydroxylation sites is 1. The zero-order valence-electron chi connectivity index (χ0n) is 23.2. The van der Waals surface area contributed by atoms with E-state index in [1.54, 1.807) is 20.0 Å². The molecule has 1 atom stereocenters. The number of nitrogens with two attached hydrogens (primary N) is 1. The lowest BCUT2D eigenvalue weighted by atomic mass is 9.99. The van der Waals surface area contributed by atoms with E-state index in [0.717, 1.165) is 27.9 Å². The van der Waals surface area contributed by atoms with E-state index in [-0.39, 0.29) is 17.4 Å². The van der Waals surface area contributed by atoms with Crippen LogP contribution in [0.5, 0.6) is 0 Å². The number of nitrogens with zero attached hydrogens (tertiary/aromatic N) is 7. The maximum Gasteiger partial charge on any atom is 0.387 e. The van der Waals surface area contributed by atoms with Crippen molar-refractivity contribution < 1.29 is 9.09 Å². The first-order chi connectivity index (χ1) is 19.9. The molecule has 4 heterocycles. The summed E-state index contributed by atoms with van der Waals surface area (Å²) in [6, 6.07) is 17.3. The Bertz CT molecular complexity index is 1940. The zero-order chi connectivity index (χ0) is 28.7. The van der Waals surface area contributed by atoms with Crippen molar-refractivity contribution in [3.05, 3.63) is 95.3 Å². The minimum atomic E-state index is -0.319. The van der Waals surface area contributed by atoms with Crippen molar-refractivity contribution in [1.82, 2.24) is 29.5 Å². The highest BCUT2D eigenvalue weighted by atomic mass is 16.5. The van der Waals surface area contributed by atoms with Gasteiger partial charge in [0.1, 0.15) is 18.0 Å². The van der Waals surface area contributed by atoms with Crippen molar-refractivity contribution in [2.45, 2.75) is 26.3 Å². The van der Waals surface area contributed by atoms with Crippen molar-refractivity contribution in [2.24, 2.45) is 14.1 Å². The fourth-order valence-electron chi connectivity index (χ4n) is 5.16. The summed E-state index contributed by atoms with van der Waals surface area (Å²) in [7, 11) is 3.70. The maximum atomic E-state index is 14.5. The zero-order valence-corrected chi connectivity index (χ0v) is 23.2. The molecule has 11 nitrogen and oxygen atoms in total. The van der Waals surface area contributed by atoms with Gasteiger partial charge >= 0.3 is 11.7 Å². The van der Waals surface area contributed by atoms with Crippen LogP contribution >= 0.6 is 0 Å². The summed E-state index contributed by atoms with van der Waals surface area (Å²) < 4.78 is 10.7. The molecule has 41 heavy (non-hydrogen) atoms. The SMILES string of the molecule is CCC(Nc1ncnc(N)c1-c1noc(C)[n+]1C)c1cc2cccc(-c3cnn(C)c3)c2c(=O)n1-c1ccccc1. The van der Waals surface area contributed by atoms with Crippen LogP contribution in [0, 0.1) is 6.92 Å². The Morgan fingerprint density at radius 1 is 1.12 bits per heavy atom. The molecule has 0 aliphatic heterocycles. The van der Waals surface area contributed by atoms with Gasteiger partial charge in [0.15, 0.2) is 10.7 Å². The fourth-order valence-corrected chi connectivity index (χ4v) is 5.16. The minimum Gasteiger partial charge on any atom is -0.383 e. The number of nitrogen functional groups attached to an aromatic ring is 1. The molecule has 2 aromatic carbocycles. The highest BCUT2D eigenvalue weighted by molar-refractivity contribution is 5.96. The molecule has 6 rings (SSSR count). The number of benzene rings is 2. The van der Waals surface area contributed by atoms with Gasteiger partial charge in [-0.1, -0.05) is 43.3 Å². The highest BCUT2D eigenvalue weighted by Gasteiger charge is 2.29. The van der Waals surface area contributed by atoms with E-state index in [9.17, 15) is 4.79 Å². The number of aromatic nitrogens is 7. The Labute approximate surface area is 235 Å². The predicted molar refractivity (Wildman–Crippen MR) is 156 cm³/mol. The number of pyridine rings is 1. The molecular formula is C30H30N9O2+. The van der Waals surface area contributed by atoms with E-state index < -0.39 is 0 Å². The van der Waals surface area contributed by atoms with Crippen molar-refractivity contribution in [2.75, 3.05) is 11.1 Å². The summed E-state index contributed by atoms with van der Waals surface area (Å²) in [5.41, 5.74) is 9.99. The van der Waals surface area contributed by atoms with Crippen LogP contribution in [-0.4, -0.2) is 29.5 Å². The molecule has 0 aliphatic carbocycles. The predicted octanol–water partition coefficient (Wildman–Crippen LogP) is 4.11. The van der Waals surface area contributed by atoms with Crippen LogP contribution in [0.1, 0.15) is 31.0 Å². The number of nitrogens with one attached hydrogen (secondary N) is 1. The Balaban J connectivity index is 1.57. The number of anilines is 2. The van der Waals surface area contributed by atoms with E-state index in [1.165, 1.54) is 6.33 Å². The van der Waals surface area contributed by atoms with Gasteiger partial charge in [0.25, 0.3) is 5.56 Å². The third-order valence-electron chi connectivity index (χ3n) is 7.34. The molecule has 0 spiro atoms. The monoisotopic (exact) mass is 548 g/mol. The molecule has 4 aromatic heterocycles. The molecule has 0 bridgehead atoms. The molecule has 0 fully saturated rings. The molecular weight excluding hydrogens is 518 g/mol. The topological polar surface area (TPSA) is 134 Å². The Morgan fingerprint density at radius 3 is 2.61 bits per heavy atom. The van der Waals surface area contributed by atoms with Crippen LogP contribution in [0.4, 0.5) is 11.6 Å². The van der Waals surface area contributed by atoms with Crippen LogP contribution in [0.15, 0.2) is 82.6 Å². The van der Waals surface area contributed by atoms with Gasteiger partial charge in [0.05, 0.1) is 24.7 Å². The van der Waals surface area contributed by atoms with Crippen LogP contribution in [0.25, 0.3) is 39.0 Å². The van der Waals surface area contributed by atoms with Crippen LogP contribution in [-0.2, 0) is 14.1 Å². The van der Waals surface area contributed by atoms with E-state index in [4.69, 9.17) is 10.3 Å². The molecule has 11 heteroatoms. The first kappa shape index (κ1) is 25.9. The molecule has 206 valence electrons. The maximum absolute atomic E-state index is 14.5. The molecule has 0 saturated carbocycles. The average molecular weight is 549 g/mol. The van der Waals surface area contributed by atoms with Crippen molar-refractivity contribution in [3.63, 3.8) is 0 Å². The molecule has 0 saturated heterocycles. The van der Waals surface area contributed by atoms with Gasteiger partial charge in [-0.3, -0.25) is 14.0 Å². The second kappa shape index (κ2) is 10.3. The number of aryl methyl sites for hydroxylation is 2. The number of rotatable bonds is 7. The smallest absolute Gasteiger partial charge is 0.383 e. The quantitative estimate of drug-likeness (QED) is 0.285. The van der Waals surface area contributed by atoms with Crippen molar-refractivity contribution in [1.29, 1.82) is 0 Å². The van der Waals surface area contributed by atoms with E-state index in [1.807, 2.05) is 75.7 Å². The summed E-state index contributed by atoms with van der Waals surface area (Å²) in [5.74, 6) is 1.86. The Kier molecular flexibility index (Phi) is 6.54. The Hall–Kier alpha value is -5.32. The molecule has 3 N–H and O–H groups in total. The highest BCUT2D eigenvalue weighted by Crippen LogP contribution is 2.34. The van der Waals surface area contributed by atoms with E-state index >= 15 is 0 Å². The number of fused-ring (bicyclic) bond motifs is 1. The summed E-state index contributed by atoms with van der Waals surface area (Å²) in [6.07, 6.45) is 5.75. The molecule has 0 radical (unpaired) electrons. The van der Waals surface area contributed by atoms with Gasteiger partial charge < -0.3 is 11.1 Å². The molecule has 6 aromatic rings. The summed E-state index contributed by atoms with van der Waals surface area (Å²) in [4.78, 5) is 23.2. The molecule has 0 aliphatic rings. The lowest BCUT2D eigenvalue weighted by Gasteiger charge is -2.24. The van der Waals surface area contributed by atoms with Crippen molar-refractivity contribution >= 4 is 22.4 Å². The van der Waals surface area contributed by atoms with Crippen LogP contribution in [0.3, 0.4) is 0 Å². The van der Waals surface area contributed by atoms with Gasteiger partial charge in [0.2, 0.25) is 0 Å². The number of hydrogen-bond donors (Lipinski definition) is 2. The van der Waals surface area contributed by atoms with Gasteiger partial charge in [-0.25, -0.2) is 14.5 Å². The first-order valence-electron chi connectivity index (χ1n) is 13.3. The molecule has 0 amide bonds. The minimum absolute atomic E-state index is 0.121. The third kappa shape index (κ3) is 4.50. The van der Waals surface area contributed by atoms with E-state index in [2.05, 4.69) is 38.5 Å². The lowest BCUT2D eigenvalue weighted by molar-refractivity contribution is -0.671. The van der Waals surface area contributed by atoms with Crippen LogP contribution in [0.2, 0.25) is 0 Å². The van der Waals surface area contributed by atoms with Gasteiger partial charge in [-0.15, -0.1) is 0 Å². The molecule has 1 unspecified atom stereocenters. The first-order valence-corrected chi connectivity index (χ1v) is 13.3. The number of hydrogen-bond acceptors (Lipinski definition) is 8. The average Bonchev–Trinajstić information content (AvgIpc) is 3.56. The van der Waals surface area contributed by atoms with Crippen molar-refractivity contribution in [3.8, 4) is 28.2 Å². The second-order valence-electron chi connectivity index (χ2n) is 9.89. The summed E-state index contributed by atoms with van der Waals surface area (Å²) in [5, 5.41) is 13.5.